The molecule has 0 aliphatic carbocycles. The van der Waals surface area contributed by atoms with E-state index in [0.29, 0.717) is 5.69 Å². The summed E-state index contributed by atoms with van der Waals surface area (Å²) in [6.07, 6.45) is 2.13. The van der Waals surface area contributed by atoms with Gasteiger partial charge in [-0.2, -0.15) is 0 Å². The second-order valence-electron chi connectivity index (χ2n) is 5.13. The van der Waals surface area contributed by atoms with E-state index in [2.05, 4.69) is 15.3 Å². The first-order valence-electron chi connectivity index (χ1n) is 7.13. The number of H-pyrrole nitrogens is 1. The molecule has 0 fully saturated rings. The first kappa shape index (κ1) is 20.1. The lowest BCUT2D eigenvalue weighted by molar-refractivity contribution is -0.144. The molecule has 3 unspecified atom stereocenters. The van der Waals surface area contributed by atoms with Gasteiger partial charge in [-0.1, -0.05) is 0 Å². The number of amides is 2. The van der Waals surface area contributed by atoms with Gasteiger partial charge in [-0.05, 0) is 0 Å². The van der Waals surface area contributed by atoms with Gasteiger partial charge in [-0.25, -0.2) is 9.78 Å². The highest BCUT2D eigenvalue weighted by Gasteiger charge is 2.29. The number of aliphatic carboxylic acids is 2. The summed E-state index contributed by atoms with van der Waals surface area (Å²) in [5.74, 6) is -4.76. The first-order valence-corrected chi connectivity index (χ1v) is 7.13. The number of rotatable bonds is 10. The van der Waals surface area contributed by atoms with Crippen LogP contribution < -0.4 is 16.4 Å². The van der Waals surface area contributed by atoms with Crippen molar-refractivity contribution in [3.8, 4) is 0 Å². The summed E-state index contributed by atoms with van der Waals surface area (Å²) in [4.78, 5) is 52.2. The molecule has 138 valence electrons. The van der Waals surface area contributed by atoms with Gasteiger partial charge >= 0.3 is 11.9 Å². The van der Waals surface area contributed by atoms with Crippen molar-refractivity contribution >= 4 is 23.8 Å². The van der Waals surface area contributed by atoms with Crippen LogP contribution in [0.2, 0.25) is 0 Å². The maximum atomic E-state index is 12.0. The number of aliphatic hydroxyl groups excluding tert-OH is 1. The molecular formula is C13H19N5O7. The molecule has 0 saturated heterocycles. The van der Waals surface area contributed by atoms with Crippen molar-refractivity contribution in [2.45, 2.75) is 31.0 Å². The number of carbonyl (C=O) groups excluding carboxylic acids is 2. The Hall–Kier alpha value is -2.99. The van der Waals surface area contributed by atoms with Gasteiger partial charge in [0.15, 0.2) is 0 Å². The topological polar surface area (TPSA) is 208 Å². The summed E-state index contributed by atoms with van der Waals surface area (Å²) in [7, 11) is 0. The average molecular weight is 357 g/mol. The Morgan fingerprint density at radius 3 is 2.28 bits per heavy atom. The quantitative estimate of drug-likeness (QED) is 0.224. The van der Waals surface area contributed by atoms with Crippen LogP contribution in [0.4, 0.5) is 0 Å². The summed E-state index contributed by atoms with van der Waals surface area (Å²) >= 11 is 0. The van der Waals surface area contributed by atoms with Crippen LogP contribution in [0.1, 0.15) is 12.1 Å². The number of aromatic amines is 1. The third-order valence-corrected chi connectivity index (χ3v) is 3.14. The third-order valence-electron chi connectivity index (χ3n) is 3.14. The Bertz CT molecular complexity index is 618. The van der Waals surface area contributed by atoms with Crippen molar-refractivity contribution in [3.63, 3.8) is 0 Å². The molecule has 0 aliphatic rings. The number of nitrogens with zero attached hydrogens (tertiary/aromatic N) is 1. The lowest BCUT2D eigenvalue weighted by atomic mass is 10.1. The van der Waals surface area contributed by atoms with Gasteiger partial charge in [-0.3, -0.25) is 14.4 Å². The van der Waals surface area contributed by atoms with E-state index in [1.54, 1.807) is 0 Å². The van der Waals surface area contributed by atoms with Gasteiger partial charge in [0, 0.05) is 18.3 Å². The minimum atomic E-state index is -1.63. The van der Waals surface area contributed by atoms with Crippen molar-refractivity contribution < 1.29 is 34.5 Å². The number of hydrogen-bond donors (Lipinski definition) is 7. The van der Waals surface area contributed by atoms with E-state index in [4.69, 9.17) is 21.1 Å². The Morgan fingerprint density at radius 1 is 1.16 bits per heavy atom. The van der Waals surface area contributed by atoms with Gasteiger partial charge in [0.25, 0.3) is 0 Å². The van der Waals surface area contributed by atoms with E-state index in [-0.39, 0.29) is 6.42 Å². The Balaban J connectivity index is 2.73. The van der Waals surface area contributed by atoms with Crippen LogP contribution >= 0.6 is 0 Å². The van der Waals surface area contributed by atoms with Gasteiger partial charge < -0.3 is 36.7 Å². The monoisotopic (exact) mass is 357 g/mol. The average Bonchev–Trinajstić information content (AvgIpc) is 3.03. The molecule has 0 bridgehead atoms. The normalized spacial score (nSPS) is 14.2. The van der Waals surface area contributed by atoms with Crippen LogP contribution in [-0.4, -0.2) is 73.8 Å². The van der Waals surface area contributed by atoms with Crippen LogP contribution in [0, 0.1) is 0 Å². The second kappa shape index (κ2) is 9.34. The summed E-state index contributed by atoms with van der Waals surface area (Å²) < 4.78 is 0. The van der Waals surface area contributed by atoms with Crippen LogP contribution in [0.25, 0.3) is 0 Å². The lowest BCUT2D eigenvalue weighted by Gasteiger charge is -2.21. The lowest BCUT2D eigenvalue weighted by Crippen LogP contribution is -2.56. The first-order chi connectivity index (χ1) is 11.7. The third kappa shape index (κ3) is 6.56. The van der Waals surface area contributed by atoms with Crippen molar-refractivity contribution in [1.82, 2.24) is 20.6 Å². The Labute approximate surface area is 141 Å². The standard InChI is InChI=1S/C13H19N5O7/c14-7(1-6-3-15-5-16-6)11(22)17-8(2-10(20)21)12(23)18-9(4-19)13(24)25/h3,5,7-9,19H,1-2,4,14H2,(H,15,16)(H,17,22)(H,18,23)(H,20,21)(H,24,25). The van der Waals surface area contributed by atoms with Crippen molar-refractivity contribution in [2.24, 2.45) is 5.73 Å². The van der Waals surface area contributed by atoms with E-state index in [1.807, 2.05) is 5.32 Å². The number of nitrogens with one attached hydrogen (secondary N) is 3. The van der Waals surface area contributed by atoms with Crippen molar-refractivity contribution in [1.29, 1.82) is 0 Å². The number of aromatic nitrogens is 2. The van der Waals surface area contributed by atoms with Gasteiger partial charge in [0.2, 0.25) is 11.8 Å². The second-order valence-corrected chi connectivity index (χ2v) is 5.13. The number of hydrogen-bond acceptors (Lipinski definition) is 7. The van der Waals surface area contributed by atoms with Gasteiger partial charge in [0.05, 0.1) is 25.4 Å². The van der Waals surface area contributed by atoms with E-state index >= 15 is 0 Å². The van der Waals surface area contributed by atoms with Crippen LogP contribution in [-0.2, 0) is 25.6 Å². The minimum absolute atomic E-state index is 0.0711. The Morgan fingerprint density at radius 2 is 1.80 bits per heavy atom. The van der Waals surface area contributed by atoms with Crippen LogP contribution in [0.15, 0.2) is 12.5 Å². The molecule has 0 aliphatic heterocycles. The number of carbonyl (C=O) groups is 4. The molecular weight excluding hydrogens is 338 g/mol. The van der Waals surface area contributed by atoms with Crippen molar-refractivity contribution in [3.05, 3.63) is 18.2 Å². The smallest absolute Gasteiger partial charge is 0.328 e. The number of imidazole rings is 1. The number of carboxylic acids is 2. The molecule has 0 saturated carbocycles. The van der Waals surface area contributed by atoms with E-state index in [9.17, 15) is 19.2 Å². The fraction of sp³-hybridized carbons (Fsp3) is 0.462. The largest absolute Gasteiger partial charge is 0.481 e. The highest BCUT2D eigenvalue weighted by Crippen LogP contribution is 2.00. The maximum absolute atomic E-state index is 12.0. The summed E-state index contributed by atoms with van der Waals surface area (Å²) in [6, 6.07) is -4.26. The van der Waals surface area contributed by atoms with E-state index in [0.717, 1.165) is 0 Å². The predicted octanol–water partition coefficient (Wildman–Crippen LogP) is -3.20. The predicted molar refractivity (Wildman–Crippen MR) is 81.1 cm³/mol. The summed E-state index contributed by atoms with van der Waals surface area (Å²) in [5.41, 5.74) is 6.25. The highest BCUT2D eigenvalue weighted by atomic mass is 16.4. The molecule has 1 rings (SSSR count). The zero-order valence-electron chi connectivity index (χ0n) is 13.0. The molecule has 1 heterocycles. The van der Waals surface area contributed by atoms with E-state index < -0.39 is 54.9 Å². The van der Waals surface area contributed by atoms with Crippen molar-refractivity contribution in [2.75, 3.05) is 6.61 Å². The minimum Gasteiger partial charge on any atom is -0.481 e. The molecule has 1 aromatic heterocycles. The molecule has 12 nitrogen and oxygen atoms in total. The molecule has 8 N–H and O–H groups in total. The molecule has 1 aromatic rings. The van der Waals surface area contributed by atoms with Gasteiger partial charge in [0.1, 0.15) is 12.1 Å². The number of nitrogens with two attached hydrogens (primary N) is 1. The molecule has 0 radical (unpaired) electrons. The Kier molecular flexibility index (Phi) is 7.49. The maximum Gasteiger partial charge on any atom is 0.328 e. The summed E-state index contributed by atoms with van der Waals surface area (Å²) in [5, 5.41) is 30.6. The molecule has 25 heavy (non-hydrogen) atoms. The molecule has 0 spiro atoms. The number of aliphatic hydroxyl groups is 1. The molecule has 12 heteroatoms. The molecule has 3 atom stereocenters. The highest BCUT2D eigenvalue weighted by molar-refractivity contribution is 5.94. The zero-order valence-corrected chi connectivity index (χ0v) is 13.0. The molecule has 2 amide bonds. The molecule has 0 aromatic carbocycles. The van der Waals surface area contributed by atoms with Crippen LogP contribution in [0.5, 0.6) is 0 Å². The number of carboxylic acid groups (broad SMARTS) is 2. The zero-order chi connectivity index (χ0) is 19.0. The SMILES string of the molecule is NC(Cc1cnc[nH]1)C(=O)NC(CC(=O)O)C(=O)NC(CO)C(=O)O. The van der Waals surface area contributed by atoms with Gasteiger partial charge in [-0.15, -0.1) is 0 Å². The fourth-order valence-corrected chi connectivity index (χ4v) is 1.85. The van der Waals surface area contributed by atoms with Crippen LogP contribution in [0.3, 0.4) is 0 Å². The fourth-order valence-electron chi connectivity index (χ4n) is 1.85. The summed E-state index contributed by atoms with van der Waals surface area (Å²) in [6.45, 7) is -0.895. The van der Waals surface area contributed by atoms with E-state index in [1.165, 1.54) is 12.5 Å².